The number of hydrogen-bond acceptors (Lipinski definition) is 6. The molecule has 2 N–H and O–H groups in total. The van der Waals surface area contributed by atoms with Gasteiger partial charge in [0.15, 0.2) is 11.3 Å². The molecule has 0 amide bonds. The number of nitrogens with two attached hydrogens (primary N) is 1. The van der Waals surface area contributed by atoms with E-state index in [1.54, 1.807) is 11.6 Å². The maximum absolute atomic E-state index is 11.4. The summed E-state index contributed by atoms with van der Waals surface area (Å²) < 4.78 is 6.71. The van der Waals surface area contributed by atoms with Gasteiger partial charge >= 0.3 is 5.69 Å². The second-order valence-corrected chi connectivity index (χ2v) is 6.21. The number of ether oxygens (including phenoxy) is 1. The van der Waals surface area contributed by atoms with Gasteiger partial charge < -0.3 is 10.5 Å². The quantitative estimate of drug-likeness (QED) is 0.534. The summed E-state index contributed by atoms with van der Waals surface area (Å²) in [6.07, 6.45) is 4.85. The Morgan fingerprint density at radius 2 is 2.14 bits per heavy atom. The second kappa shape index (κ2) is 5.95. The molecule has 7 heteroatoms. The average Bonchev–Trinajstić information content (AvgIpc) is 2.83. The standard InChI is InChI=1S/C14H17N3O3S/c15-9-4-2-1-3-5-10(9)20-11-6-7-12-13(16-8-21-12)14(11)17(18)19/h6-10H,1-5,15H2. The molecule has 1 fully saturated rings. The number of nitro benzene ring substituents is 1. The molecule has 2 aromatic rings. The highest BCUT2D eigenvalue weighted by atomic mass is 32.1. The van der Waals surface area contributed by atoms with Crippen molar-refractivity contribution in [2.45, 2.75) is 44.2 Å². The van der Waals surface area contributed by atoms with Crippen LogP contribution >= 0.6 is 11.3 Å². The van der Waals surface area contributed by atoms with E-state index in [1.165, 1.54) is 11.3 Å². The molecule has 2 atom stereocenters. The fourth-order valence-electron chi connectivity index (χ4n) is 2.78. The van der Waals surface area contributed by atoms with Crippen LogP contribution in [0.15, 0.2) is 17.6 Å². The van der Waals surface area contributed by atoms with Crippen molar-refractivity contribution in [3.8, 4) is 5.75 Å². The Morgan fingerprint density at radius 1 is 1.33 bits per heavy atom. The average molecular weight is 307 g/mol. The van der Waals surface area contributed by atoms with Crippen molar-refractivity contribution in [3.63, 3.8) is 0 Å². The third kappa shape index (κ3) is 2.84. The zero-order valence-corrected chi connectivity index (χ0v) is 12.3. The largest absolute Gasteiger partial charge is 0.482 e. The molecular weight excluding hydrogens is 290 g/mol. The van der Waals surface area contributed by atoms with E-state index in [4.69, 9.17) is 10.5 Å². The minimum atomic E-state index is -0.417. The van der Waals surface area contributed by atoms with Gasteiger partial charge in [-0.25, -0.2) is 4.98 Å². The van der Waals surface area contributed by atoms with Gasteiger partial charge in [-0.2, -0.15) is 0 Å². The number of thiazole rings is 1. The molecule has 21 heavy (non-hydrogen) atoms. The lowest BCUT2D eigenvalue weighted by atomic mass is 10.1. The van der Waals surface area contributed by atoms with Crippen molar-refractivity contribution in [1.29, 1.82) is 0 Å². The van der Waals surface area contributed by atoms with Crippen molar-refractivity contribution in [2.75, 3.05) is 0 Å². The zero-order valence-electron chi connectivity index (χ0n) is 11.5. The first-order valence-corrected chi connectivity index (χ1v) is 7.97. The summed E-state index contributed by atoms with van der Waals surface area (Å²) in [6, 6.07) is 3.41. The van der Waals surface area contributed by atoms with Crippen LogP contribution in [-0.4, -0.2) is 22.1 Å². The number of nitrogens with zero attached hydrogens (tertiary/aromatic N) is 2. The van der Waals surface area contributed by atoms with Crippen LogP contribution in [0.3, 0.4) is 0 Å². The predicted octanol–water partition coefficient (Wildman–Crippen LogP) is 3.24. The predicted molar refractivity (Wildman–Crippen MR) is 81.8 cm³/mol. The summed E-state index contributed by atoms with van der Waals surface area (Å²) in [5.41, 5.74) is 8.09. The van der Waals surface area contributed by atoms with Gasteiger partial charge in [-0.15, -0.1) is 11.3 Å². The number of rotatable bonds is 3. The number of aromatic nitrogens is 1. The van der Waals surface area contributed by atoms with Crippen LogP contribution in [-0.2, 0) is 0 Å². The van der Waals surface area contributed by atoms with Crippen LogP contribution in [0.1, 0.15) is 32.1 Å². The first kappa shape index (κ1) is 14.2. The van der Waals surface area contributed by atoms with E-state index in [0.29, 0.717) is 5.52 Å². The molecule has 2 unspecified atom stereocenters. The molecule has 1 heterocycles. The molecule has 1 aliphatic carbocycles. The van der Waals surface area contributed by atoms with Crippen LogP contribution < -0.4 is 10.5 Å². The number of nitro groups is 1. The fraction of sp³-hybridized carbons (Fsp3) is 0.500. The molecule has 112 valence electrons. The molecule has 0 saturated heterocycles. The summed E-state index contributed by atoms with van der Waals surface area (Å²) in [5, 5.41) is 11.4. The molecule has 1 aromatic carbocycles. The van der Waals surface area contributed by atoms with Crippen molar-refractivity contribution in [2.24, 2.45) is 5.73 Å². The fourth-order valence-corrected chi connectivity index (χ4v) is 3.46. The highest BCUT2D eigenvalue weighted by Crippen LogP contribution is 2.37. The lowest BCUT2D eigenvalue weighted by Gasteiger charge is -2.22. The van der Waals surface area contributed by atoms with E-state index >= 15 is 0 Å². The Morgan fingerprint density at radius 3 is 2.95 bits per heavy atom. The van der Waals surface area contributed by atoms with E-state index in [2.05, 4.69) is 4.98 Å². The number of hydrogen-bond donors (Lipinski definition) is 1. The van der Waals surface area contributed by atoms with Gasteiger partial charge in [0.05, 0.1) is 15.1 Å². The maximum Gasteiger partial charge on any atom is 0.337 e. The molecule has 1 aliphatic rings. The minimum absolute atomic E-state index is 0.0507. The van der Waals surface area contributed by atoms with Gasteiger partial charge in [0, 0.05) is 6.04 Å². The first-order valence-electron chi connectivity index (χ1n) is 7.09. The Balaban J connectivity index is 1.95. The SMILES string of the molecule is NC1CCCCCC1Oc1ccc2scnc2c1[N+](=O)[O-]. The van der Waals surface area contributed by atoms with E-state index in [9.17, 15) is 10.1 Å². The van der Waals surface area contributed by atoms with Gasteiger partial charge in [0.1, 0.15) is 6.10 Å². The summed E-state index contributed by atoms with van der Waals surface area (Å²) in [4.78, 5) is 15.1. The minimum Gasteiger partial charge on any atom is -0.482 e. The highest BCUT2D eigenvalue weighted by Gasteiger charge is 2.27. The van der Waals surface area contributed by atoms with Gasteiger partial charge in [-0.3, -0.25) is 10.1 Å². The van der Waals surface area contributed by atoms with E-state index < -0.39 is 4.92 Å². The smallest absolute Gasteiger partial charge is 0.337 e. The number of benzene rings is 1. The third-order valence-corrected chi connectivity index (χ3v) is 4.70. The van der Waals surface area contributed by atoms with E-state index in [1.807, 2.05) is 6.07 Å². The molecule has 6 nitrogen and oxygen atoms in total. The van der Waals surface area contributed by atoms with Crippen LogP contribution in [0.5, 0.6) is 5.75 Å². The molecule has 0 spiro atoms. The van der Waals surface area contributed by atoms with Crippen molar-refractivity contribution < 1.29 is 9.66 Å². The Labute approximate surface area is 126 Å². The Kier molecular flexibility index (Phi) is 4.03. The molecule has 3 rings (SSSR count). The molecule has 0 bridgehead atoms. The summed E-state index contributed by atoms with van der Waals surface area (Å²) in [7, 11) is 0. The summed E-state index contributed by atoms with van der Waals surface area (Å²) in [6.45, 7) is 0. The molecule has 0 aliphatic heterocycles. The molecule has 1 aromatic heterocycles. The van der Waals surface area contributed by atoms with Gasteiger partial charge in [0.25, 0.3) is 0 Å². The molecular formula is C14H17N3O3S. The van der Waals surface area contributed by atoms with Crippen LogP contribution in [0.25, 0.3) is 10.2 Å². The van der Waals surface area contributed by atoms with Crippen molar-refractivity contribution in [3.05, 3.63) is 27.8 Å². The first-order chi connectivity index (χ1) is 10.2. The lowest BCUT2D eigenvalue weighted by molar-refractivity contribution is -0.384. The monoisotopic (exact) mass is 307 g/mol. The zero-order chi connectivity index (χ0) is 14.8. The summed E-state index contributed by atoms with van der Waals surface area (Å²) >= 11 is 1.38. The second-order valence-electron chi connectivity index (χ2n) is 5.33. The number of fused-ring (bicyclic) bond motifs is 1. The third-order valence-electron chi connectivity index (χ3n) is 3.90. The Bertz CT molecular complexity index is 658. The van der Waals surface area contributed by atoms with E-state index in [-0.39, 0.29) is 23.6 Å². The van der Waals surface area contributed by atoms with E-state index in [0.717, 1.165) is 36.8 Å². The summed E-state index contributed by atoms with van der Waals surface area (Å²) in [5.74, 6) is 0.278. The van der Waals surface area contributed by atoms with Crippen LogP contribution in [0.2, 0.25) is 0 Å². The normalized spacial score (nSPS) is 22.9. The molecule has 0 radical (unpaired) electrons. The van der Waals surface area contributed by atoms with Crippen LogP contribution in [0, 0.1) is 10.1 Å². The van der Waals surface area contributed by atoms with Gasteiger partial charge in [-0.05, 0) is 31.4 Å². The maximum atomic E-state index is 11.4. The van der Waals surface area contributed by atoms with Gasteiger partial charge in [-0.1, -0.05) is 12.8 Å². The molecule has 1 saturated carbocycles. The van der Waals surface area contributed by atoms with Gasteiger partial charge in [0.2, 0.25) is 0 Å². The van der Waals surface area contributed by atoms with Crippen LogP contribution in [0.4, 0.5) is 5.69 Å². The lowest BCUT2D eigenvalue weighted by Crippen LogP contribution is -2.38. The highest BCUT2D eigenvalue weighted by molar-refractivity contribution is 7.16. The Hall–Kier alpha value is -1.73. The topological polar surface area (TPSA) is 91.3 Å². The van der Waals surface area contributed by atoms with Crippen molar-refractivity contribution >= 4 is 27.2 Å². The van der Waals surface area contributed by atoms with Crippen molar-refractivity contribution in [1.82, 2.24) is 4.98 Å².